The maximum absolute atomic E-state index is 11.7. The van der Waals surface area contributed by atoms with Crippen molar-refractivity contribution in [3.8, 4) is 17.3 Å². The fraction of sp³-hybridized carbons (Fsp3) is 0.267. The second-order valence-electron chi connectivity index (χ2n) is 4.87. The molecule has 2 rings (SSSR count). The molecule has 0 saturated heterocycles. The second kappa shape index (κ2) is 7.59. The number of benzene rings is 1. The predicted octanol–water partition coefficient (Wildman–Crippen LogP) is 3.66. The van der Waals surface area contributed by atoms with Crippen LogP contribution in [0.3, 0.4) is 0 Å². The first-order valence-electron chi connectivity index (χ1n) is 6.61. The summed E-state index contributed by atoms with van der Waals surface area (Å²) in [7, 11) is 4.71. The summed E-state index contributed by atoms with van der Waals surface area (Å²) in [6.45, 7) is 0.246. The highest BCUT2D eigenvalue weighted by Crippen LogP contribution is 2.26. The second-order valence-corrected chi connectivity index (χ2v) is 5.75. The first-order chi connectivity index (χ1) is 10.9. The Morgan fingerprint density at radius 3 is 2.35 bits per heavy atom. The summed E-state index contributed by atoms with van der Waals surface area (Å²) in [5.74, 6) is 0.461. The van der Waals surface area contributed by atoms with Gasteiger partial charge in [-0.15, -0.1) is 0 Å². The van der Waals surface area contributed by atoms with Gasteiger partial charge in [-0.1, -0.05) is 23.2 Å². The van der Waals surface area contributed by atoms with Gasteiger partial charge in [-0.3, -0.25) is 0 Å². The van der Waals surface area contributed by atoms with Gasteiger partial charge in [0.2, 0.25) is 5.88 Å². The first-order valence-corrected chi connectivity index (χ1v) is 7.37. The molecule has 0 aliphatic carbocycles. The monoisotopic (exact) mass is 355 g/mol. The molecule has 2 aromatic rings. The van der Waals surface area contributed by atoms with E-state index >= 15 is 0 Å². The van der Waals surface area contributed by atoms with Gasteiger partial charge in [0.15, 0.2) is 5.82 Å². The van der Waals surface area contributed by atoms with E-state index in [0.717, 1.165) is 0 Å². The van der Waals surface area contributed by atoms with Crippen molar-refractivity contribution in [3.05, 3.63) is 40.0 Å². The molecule has 6 nitrogen and oxygen atoms in total. The van der Waals surface area contributed by atoms with Gasteiger partial charge < -0.3 is 14.4 Å². The lowest BCUT2D eigenvalue weighted by Crippen LogP contribution is -2.25. The molecule has 0 N–H and O–H groups in total. The first kappa shape index (κ1) is 17.5. The van der Waals surface area contributed by atoms with Crippen LogP contribution in [0.2, 0.25) is 10.0 Å². The molecule has 1 aromatic carbocycles. The highest BCUT2D eigenvalue weighted by molar-refractivity contribution is 6.35. The van der Waals surface area contributed by atoms with Crippen LogP contribution in [0.25, 0.3) is 11.4 Å². The maximum Gasteiger partial charge on any atom is 0.416 e. The van der Waals surface area contributed by atoms with Crippen LogP contribution in [0.5, 0.6) is 5.88 Å². The highest BCUT2D eigenvalue weighted by Gasteiger charge is 2.13. The molecule has 1 aromatic heterocycles. The highest BCUT2D eigenvalue weighted by atomic mass is 35.5. The number of hydrogen-bond acceptors (Lipinski definition) is 5. The van der Waals surface area contributed by atoms with Crippen LogP contribution in [0.4, 0.5) is 4.79 Å². The van der Waals surface area contributed by atoms with E-state index < -0.39 is 6.09 Å². The standard InChI is InChI=1S/C15H15Cl2N3O3/c1-20(2)15(21)23-13-7-12(8-22-3)18-14(19-13)9-4-10(16)6-11(17)5-9/h4-7H,8H2,1-3H3. The molecule has 1 heterocycles. The van der Waals surface area contributed by atoms with Gasteiger partial charge in [0.1, 0.15) is 0 Å². The van der Waals surface area contributed by atoms with Crippen molar-refractivity contribution in [2.75, 3.05) is 21.2 Å². The number of carbonyl (C=O) groups excluding carboxylic acids is 1. The Hall–Kier alpha value is -1.89. The molecule has 0 spiro atoms. The molecular weight excluding hydrogens is 341 g/mol. The zero-order chi connectivity index (χ0) is 17.0. The lowest BCUT2D eigenvalue weighted by atomic mass is 10.2. The Balaban J connectivity index is 2.45. The topological polar surface area (TPSA) is 64.6 Å². The summed E-state index contributed by atoms with van der Waals surface area (Å²) >= 11 is 12.0. The third-order valence-corrected chi connectivity index (χ3v) is 3.16. The van der Waals surface area contributed by atoms with E-state index in [2.05, 4.69) is 9.97 Å². The van der Waals surface area contributed by atoms with Crippen LogP contribution in [0.15, 0.2) is 24.3 Å². The third kappa shape index (κ3) is 4.79. The molecule has 1 amide bonds. The Labute approximate surface area is 144 Å². The van der Waals surface area contributed by atoms with Crippen LogP contribution in [0, 0.1) is 0 Å². The average Bonchev–Trinajstić information content (AvgIpc) is 2.46. The third-order valence-electron chi connectivity index (χ3n) is 2.73. The summed E-state index contributed by atoms with van der Waals surface area (Å²) < 4.78 is 10.3. The number of carbonyl (C=O) groups is 1. The quantitative estimate of drug-likeness (QED) is 0.837. The summed E-state index contributed by atoms with van der Waals surface area (Å²) in [4.78, 5) is 21.6. The average molecular weight is 356 g/mol. The van der Waals surface area contributed by atoms with E-state index in [1.165, 1.54) is 4.90 Å². The van der Waals surface area contributed by atoms with Crippen LogP contribution in [0.1, 0.15) is 5.69 Å². The van der Waals surface area contributed by atoms with Crippen LogP contribution in [-0.2, 0) is 11.3 Å². The minimum absolute atomic E-state index is 0.122. The van der Waals surface area contributed by atoms with Gasteiger partial charge >= 0.3 is 6.09 Å². The van der Waals surface area contributed by atoms with E-state index in [0.29, 0.717) is 27.1 Å². The molecule has 0 aliphatic heterocycles. The predicted molar refractivity (Wildman–Crippen MR) is 87.9 cm³/mol. The van der Waals surface area contributed by atoms with Crippen molar-refractivity contribution in [1.29, 1.82) is 0 Å². The van der Waals surface area contributed by atoms with Gasteiger partial charge in [0.05, 0.1) is 12.3 Å². The molecule has 0 bridgehead atoms. The smallest absolute Gasteiger partial charge is 0.391 e. The minimum atomic E-state index is -0.540. The number of hydrogen-bond donors (Lipinski definition) is 0. The van der Waals surface area contributed by atoms with Crippen LogP contribution >= 0.6 is 23.2 Å². The van der Waals surface area contributed by atoms with E-state index in [1.54, 1.807) is 45.5 Å². The lowest BCUT2D eigenvalue weighted by Gasteiger charge is -2.12. The summed E-state index contributed by atoms with van der Waals surface area (Å²) in [5, 5.41) is 0.917. The Morgan fingerprint density at radius 1 is 1.13 bits per heavy atom. The fourth-order valence-corrected chi connectivity index (χ4v) is 2.27. The van der Waals surface area contributed by atoms with Crippen LogP contribution in [-0.4, -0.2) is 42.2 Å². The van der Waals surface area contributed by atoms with E-state index in [-0.39, 0.29) is 12.5 Å². The number of methoxy groups -OCH3 is 1. The Bertz CT molecular complexity index is 703. The van der Waals surface area contributed by atoms with E-state index in [4.69, 9.17) is 32.7 Å². The molecule has 8 heteroatoms. The molecule has 122 valence electrons. The molecule has 0 aliphatic rings. The van der Waals surface area contributed by atoms with Gasteiger partial charge in [-0.05, 0) is 18.2 Å². The van der Waals surface area contributed by atoms with Gasteiger partial charge in [0.25, 0.3) is 0 Å². The number of ether oxygens (including phenoxy) is 2. The SMILES string of the molecule is COCc1cc(OC(=O)N(C)C)nc(-c2cc(Cl)cc(Cl)c2)n1. The van der Waals surface area contributed by atoms with Crippen molar-refractivity contribution in [1.82, 2.24) is 14.9 Å². The van der Waals surface area contributed by atoms with Crippen molar-refractivity contribution >= 4 is 29.3 Å². The minimum Gasteiger partial charge on any atom is -0.391 e. The number of aromatic nitrogens is 2. The number of amides is 1. The molecule has 0 radical (unpaired) electrons. The fourth-order valence-electron chi connectivity index (χ4n) is 1.74. The summed E-state index contributed by atoms with van der Waals surface area (Å²) in [6.07, 6.45) is -0.540. The van der Waals surface area contributed by atoms with Gasteiger partial charge in [-0.25, -0.2) is 9.78 Å². The molecule has 0 atom stereocenters. The Morgan fingerprint density at radius 2 is 1.78 bits per heavy atom. The number of rotatable bonds is 4. The van der Waals surface area contributed by atoms with Gasteiger partial charge in [0, 0.05) is 42.9 Å². The zero-order valence-corrected chi connectivity index (χ0v) is 14.4. The summed E-state index contributed by atoms with van der Waals surface area (Å²) in [6, 6.07) is 6.51. The van der Waals surface area contributed by atoms with E-state index in [9.17, 15) is 4.79 Å². The van der Waals surface area contributed by atoms with Crippen molar-refractivity contribution in [2.24, 2.45) is 0 Å². The molecular formula is C15H15Cl2N3O3. The largest absolute Gasteiger partial charge is 0.416 e. The number of nitrogens with zero attached hydrogens (tertiary/aromatic N) is 3. The molecule has 0 fully saturated rings. The lowest BCUT2D eigenvalue weighted by molar-refractivity contribution is 0.168. The zero-order valence-electron chi connectivity index (χ0n) is 12.8. The van der Waals surface area contributed by atoms with Crippen molar-refractivity contribution in [3.63, 3.8) is 0 Å². The van der Waals surface area contributed by atoms with Crippen molar-refractivity contribution in [2.45, 2.75) is 6.61 Å². The normalized spacial score (nSPS) is 10.5. The molecule has 0 unspecified atom stereocenters. The molecule has 23 heavy (non-hydrogen) atoms. The van der Waals surface area contributed by atoms with E-state index in [1.807, 2.05) is 0 Å². The van der Waals surface area contributed by atoms with Crippen LogP contribution < -0.4 is 4.74 Å². The molecule has 0 saturated carbocycles. The van der Waals surface area contributed by atoms with Crippen molar-refractivity contribution < 1.29 is 14.3 Å². The number of halogens is 2. The van der Waals surface area contributed by atoms with Gasteiger partial charge in [-0.2, -0.15) is 4.98 Å². The maximum atomic E-state index is 11.7. The summed E-state index contributed by atoms with van der Waals surface area (Å²) in [5.41, 5.74) is 1.18. The Kier molecular flexibility index (Phi) is 5.76.